The molecule has 0 aliphatic carbocycles. The zero-order valence-electron chi connectivity index (χ0n) is 20.1. The van der Waals surface area contributed by atoms with Crippen LogP contribution >= 0.6 is 11.5 Å². The van der Waals surface area contributed by atoms with E-state index in [4.69, 9.17) is 25.7 Å². The van der Waals surface area contributed by atoms with E-state index in [1.54, 1.807) is 31.4 Å². The summed E-state index contributed by atoms with van der Waals surface area (Å²) in [6.45, 7) is 1.74. The van der Waals surface area contributed by atoms with E-state index in [9.17, 15) is 14.4 Å². The summed E-state index contributed by atoms with van der Waals surface area (Å²) in [5, 5.41) is 2.95. The topological polar surface area (TPSA) is 159 Å². The Morgan fingerprint density at radius 2 is 1.83 bits per heavy atom. The molecule has 3 atom stereocenters. The molecule has 1 aromatic heterocycles. The van der Waals surface area contributed by atoms with Crippen molar-refractivity contribution >= 4 is 34.9 Å². The van der Waals surface area contributed by atoms with Crippen molar-refractivity contribution in [1.82, 2.24) is 14.6 Å². The number of amides is 3. The number of benzene rings is 1. The fourth-order valence-electron chi connectivity index (χ4n) is 4.45. The lowest BCUT2D eigenvalue weighted by atomic mass is 10.0. The Morgan fingerprint density at radius 1 is 1.17 bits per heavy atom. The minimum atomic E-state index is -0.993. The molecule has 36 heavy (non-hydrogen) atoms. The highest BCUT2D eigenvalue weighted by molar-refractivity contribution is 7.09. The van der Waals surface area contributed by atoms with Crippen molar-refractivity contribution in [1.29, 1.82) is 0 Å². The van der Waals surface area contributed by atoms with Crippen LogP contribution in [0.2, 0.25) is 0 Å². The second-order valence-electron chi connectivity index (χ2n) is 8.79. The summed E-state index contributed by atoms with van der Waals surface area (Å²) in [6.07, 6.45) is 3.10. The number of rotatable bonds is 10. The quantitative estimate of drug-likeness (QED) is 0.427. The number of anilines is 1. The highest BCUT2D eigenvalue weighted by atomic mass is 32.1. The number of hydrogen-bond donors (Lipinski definition) is 3. The maximum atomic E-state index is 13.9. The standard InChI is InChI=1S/C24H31N5O6S/c1-33-15-8-6-14(7-9-15)20(23(31)27-12-16-4-2-10-34-16)29(13-17-5-3-11-35-17)24(32)21-18(25)19(22(26)30)28-36-21/h6-9,16-17,20H,2-5,10-13,25H2,1H3,(H2,26,30)(H,27,31)/t16-,17+,20+/m1/s1. The van der Waals surface area contributed by atoms with Crippen LogP contribution in [-0.2, 0) is 14.3 Å². The van der Waals surface area contributed by atoms with Gasteiger partial charge >= 0.3 is 0 Å². The van der Waals surface area contributed by atoms with Gasteiger partial charge in [-0.3, -0.25) is 14.4 Å². The van der Waals surface area contributed by atoms with Gasteiger partial charge in [-0.15, -0.1) is 0 Å². The first-order chi connectivity index (χ1) is 17.4. The van der Waals surface area contributed by atoms with Crippen molar-refractivity contribution in [3.63, 3.8) is 0 Å². The molecular weight excluding hydrogens is 486 g/mol. The van der Waals surface area contributed by atoms with Crippen molar-refractivity contribution in [2.75, 3.05) is 39.1 Å². The van der Waals surface area contributed by atoms with E-state index in [0.717, 1.165) is 37.2 Å². The van der Waals surface area contributed by atoms with Crippen molar-refractivity contribution < 1.29 is 28.6 Å². The minimum Gasteiger partial charge on any atom is -0.497 e. The van der Waals surface area contributed by atoms with Gasteiger partial charge in [0.25, 0.3) is 11.8 Å². The zero-order chi connectivity index (χ0) is 25.7. The van der Waals surface area contributed by atoms with Crippen LogP contribution in [0, 0.1) is 0 Å². The molecule has 0 saturated carbocycles. The number of ether oxygens (including phenoxy) is 3. The van der Waals surface area contributed by atoms with Gasteiger partial charge in [-0.2, -0.15) is 4.37 Å². The van der Waals surface area contributed by atoms with E-state index in [1.165, 1.54) is 4.90 Å². The fraction of sp³-hybridized carbons (Fsp3) is 0.500. The van der Waals surface area contributed by atoms with Crippen LogP contribution in [0.3, 0.4) is 0 Å². The molecule has 2 saturated heterocycles. The molecule has 3 amide bonds. The van der Waals surface area contributed by atoms with Gasteiger partial charge in [-0.05, 0) is 54.9 Å². The van der Waals surface area contributed by atoms with Crippen LogP contribution in [0.4, 0.5) is 5.69 Å². The number of carbonyl (C=O) groups excluding carboxylic acids is 3. The van der Waals surface area contributed by atoms with Crippen LogP contribution in [-0.4, -0.2) is 72.6 Å². The molecule has 0 radical (unpaired) electrons. The predicted octanol–water partition coefficient (Wildman–Crippen LogP) is 1.49. The van der Waals surface area contributed by atoms with Gasteiger partial charge in [0.15, 0.2) is 5.69 Å². The van der Waals surface area contributed by atoms with Crippen LogP contribution in [0.1, 0.15) is 57.4 Å². The average molecular weight is 518 g/mol. The lowest BCUT2D eigenvalue weighted by molar-refractivity contribution is -0.126. The Bertz CT molecular complexity index is 1080. The molecule has 3 heterocycles. The Balaban J connectivity index is 1.70. The number of primary amides is 1. The van der Waals surface area contributed by atoms with Crippen molar-refractivity contribution in [2.24, 2.45) is 5.73 Å². The number of nitrogens with one attached hydrogen (secondary N) is 1. The minimum absolute atomic E-state index is 0.0484. The second kappa shape index (κ2) is 11.7. The van der Waals surface area contributed by atoms with Crippen LogP contribution in [0.25, 0.3) is 0 Å². The van der Waals surface area contributed by atoms with E-state index >= 15 is 0 Å². The number of nitrogens with two attached hydrogens (primary N) is 2. The number of nitrogen functional groups attached to an aromatic ring is 1. The van der Waals surface area contributed by atoms with E-state index in [-0.39, 0.29) is 40.9 Å². The maximum Gasteiger partial charge on any atom is 0.270 e. The summed E-state index contributed by atoms with van der Waals surface area (Å²) in [4.78, 5) is 40.7. The summed E-state index contributed by atoms with van der Waals surface area (Å²) in [5.41, 5.74) is 11.8. The molecule has 11 nitrogen and oxygen atoms in total. The summed E-state index contributed by atoms with van der Waals surface area (Å²) >= 11 is 0.783. The molecular formula is C24H31N5O6S. The van der Waals surface area contributed by atoms with Gasteiger partial charge in [0.05, 0.1) is 25.0 Å². The molecule has 2 aliphatic heterocycles. The molecule has 1 aromatic carbocycles. The summed E-state index contributed by atoms with van der Waals surface area (Å²) in [5.74, 6) is -1.09. The van der Waals surface area contributed by atoms with Gasteiger partial charge in [0.2, 0.25) is 5.91 Å². The smallest absolute Gasteiger partial charge is 0.270 e. The number of methoxy groups -OCH3 is 1. The Morgan fingerprint density at radius 3 is 2.39 bits per heavy atom. The van der Waals surface area contributed by atoms with Gasteiger partial charge < -0.3 is 35.9 Å². The Hall–Kier alpha value is -3.22. The van der Waals surface area contributed by atoms with Crippen molar-refractivity contribution in [3.8, 4) is 5.75 Å². The molecule has 0 unspecified atom stereocenters. The van der Waals surface area contributed by atoms with Gasteiger partial charge in [0, 0.05) is 26.3 Å². The monoisotopic (exact) mass is 517 g/mol. The van der Waals surface area contributed by atoms with Gasteiger partial charge in [0.1, 0.15) is 16.7 Å². The van der Waals surface area contributed by atoms with Crippen molar-refractivity contribution in [3.05, 3.63) is 40.4 Å². The molecule has 2 aliphatic rings. The van der Waals surface area contributed by atoms with Gasteiger partial charge in [-0.1, -0.05) is 12.1 Å². The van der Waals surface area contributed by atoms with Crippen LogP contribution in [0.15, 0.2) is 24.3 Å². The molecule has 12 heteroatoms. The number of hydrogen-bond acceptors (Lipinski definition) is 9. The predicted molar refractivity (Wildman–Crippen MR) is 133 cm³/mol. The molecule has 4 rings (SSSR count). The van der Waals surface area contributed by atoms with E-state index in [2.05, 4.69) is 9.69 Å². The van der Waals surface area contributed by atoms with Crippen LogP contribution < -0.4 is 21.5 Å². The molecule has 0 spiro atoms. The second-order valence-corrected chi connectivity index (χ2v) is 9.56. The normalized spacial score (nSPS) is 20.1. The SMILES string of the molecule is COc1ccc([C@@H](C(=O)NC[C@H]2CCCO2)N(C[C@@H]2CCCO2)C(=O)c2snc(C(N)=O)c2N)cc1. The Labute approximate surface area is 213 Å². The number of aromatic nitrogens is 1. The first kappa shape index (κ1) is 25.9. The zero-order valence-corrected chi connectivity index (χ0v) is 20.9. The largest absolute Gasteiger partial charge is 0.497 e. The number of carbonyl (C=O) groups is 3. The van der Waals surface area contributed by atoms with Crippen molar-refractivity contribution in [2.45, 2.75) is 43.9 Å². The van der Waals surface area contributed by atoms with Crippen LogP contribution in [0.5, 0.6) is 5.75 Å². The third-order valence-corrected chi connectivity index (χ3v) is 7.21. The van der Waals surface area contributed by atoms with Gasteiger partial charge in [-0.25, -0.2) is 0 Å². The summed E-state index contributed by atoms with van der Waals surface area (Å²) < 4.78 is 20.7. The molecule has 5 N–H and O–H groups in total. The average Bonchev–Trinajstić information content (AvgIpc) is 3.65. The van der Waals surface area contributed by atoms with E-state index in [0.29, 0.717) is 31.1 Å². The first-order valence-corrected chi connectivity index (χ1v) is 12.7. The summed E-state index contributed by atoms with van der Waals surface area (Å²) in [7, 11) is 1.55. The molecule has 2 aromatic rings. The number of nitrogens with zero attached hydrogens (tertiary/aromatic N) is 2. The first-order valence-electron chi connectivity index (χ1n) is 11.9. The third kappa shape index (κ3) is 5.77. The Kier molecular flexibility index (Phi) is 8.39. The lowest BCUT2D eigenvalue weighted by Gasteiger charge is -2.33. The fourth-order valence-corrected chi connectivity index (χ4v) is 5.21. The highest BCUT2D eigenvalue weighted by Crippen LogP contribution is 2.31. The highest BCUT2D eigenvalue weighted by Gasteiger charge is 2.37. The molecule has 2 fully saturated rings. The molecule has 0 bridgehead atoms. The maximum absolute atomic E-state index is 13.9. The molecule has 194 valence electrons. The summed E-state index contributed by atoms with van der Waals surface area (Å²) in [6, 6.07) is 5.96. The van der Waals surface area contributed by atoms with E-state index < -0.39 is 17.9 Å². The lowest BCUT2D eigenvalue weighted by Crippen LogP contribution is -2.47. The van der Waals surface area contributed by atoms with E-state index in [1.807, 2.05) is 0 Å². The third-order valence-electron chi connectivity index (χ3n) is 6.36.